The van der Waals surface area contributed by atoms with E-state index in [1.165, 1.54) is 12.1 Å². The Hall–Kier alpha value is -2.32. The number of phenolic OH excluding ortho intramolecular Hbond substituents is 2. The Morgan fingerprint density at radius 2 is 1.81 bits per heavy atom. The van der Waals surface area contributed by atoms with Crippen LogP contribution in [0.4, 0.5) is 0 Å². The molecule has 0 bridgehead atoms. The first-order valence-corrected chi connectivity index (χ1v) is 6.25. The molecule has 8 heteroatoms. The average molecular weight is 299 g/mol. The number of rotatable bonds is 6. The van der Waals surface area contributed by atoms with Crippen LogP contribution in [0.15, 0.2) is 18.2 Å². The highest BCUT2D eigenvalue weighted by Crippen LogP contribution is 2.24. The molecule has 1 unspecified atom stereocenters. The molecule has 0 aliphatic carbocycles. The van der Waals surface area contributed by atoms with Gasteiger partial charge < -0.3 is 32.5 Å². The Kier molecular flexibility index (Phi) is 8.51. The lowest BCUT2D eigenvalue weighted by molar-refractivity contribution is -0.138. The van der Waals surface area contributed by atoms with Crippen molar-refractivity contribution in [1.29, 1.82) is 0 Å². The van der Waals surface area contributed by atoms with Crippen LogP contribution in [-0.2, 0) is 16.0 Å². The third-order valence-corrected chi connectivity index (χ3v) is 2.49. The van der Waals surface area contributed by atoms with Gasteiger partial charge in [-0.25, -0.2) is 0 Å². The van der Waals surface area contributed by atoms with Crippen molar-refractivity contribution in [3.8, 4) is 11.5 Å². The van der Waals surface area contributed by atoms with E-state index in [4.69, 9.17) is 32.5 Å². The highest BCUT2D eigenvalue weighted by Gasteiger charge is 2.11. The van der Waals surface area contributed by atoms with Gasteiger partial charge in [-0.15, -0.1) is 0 Å². The third-order valence-electron chi connectivity index (χ3n) is 2.49. The molecule has 0 fully saturated rings. The molecule has 1 aromatic carbocycles. The lowest BCUT2D eigenvalue weighted by Crippen LogP contribution is -2.31. The van der Waals surface area contributed by atoms with E-state index >= 15 is 0 Å². The molecule has 8 nitrogen and oxygen atoms in total. The van der Waals surface area contributed by atoms with Gasteiger partial charge in [0, 0.05) is 6.42 Å². The van der Waals surface area contributed by atoms with Crippen LogP contribution in [-0.4, -0.2) is 39.8 Å². The van der Waals surface area contributed by atoms with E-state index < -0.39 is 17.9 Å². The predicted molar refractivity (Wildman–Crippen MR) is 76.6 cm³/mol. The van der Waals surface area contributed by atoms with Crippen LogP contribution in [0.5, 0.6) is 11.5 Å². The molecule has 1 rings (SSSR count). The van der Waals surface area contributed by atoms with Gasteiger partial charge in [0.25, 0.3) is 0 Å². The van der Waals surface area contributed by atoms with Gasteiger partial charge in [-0.3, -0.25) is 9.59 Å². The maximum Gasteiger partial charge on any atom is 0.320 e. The van der Waals surface area contributed by atoms with Gasteiger partial charge in [-0.05, 0) is 37.1 Å². The molecule has 0 saturated carbocycles. The minimum Gasteiger partial charge on any atom is -0.504 e. The highest BCUT2D eigenvalue weighted by molar-refractivity contribution is 5.76. The summed E-state index contributed by atoms with van der Waals surface area (Å²) in [5.74, 6) is -1.82. The molecule has 1 atom stereocenters. The van der Waals surface area contributed by atoms with Crippen molar-refractivity contribution >= 4 is 11.9 Å². The third kappa shape index (κ3) is 8.45. The zero-order valence-corrected chi connectivity index (χ0v) is 11.5. The monoisotopic (exact) mass is 299 g/mol. The van der Waals surface area contributed by atoms with Crippen LogP contribution >= 0.6 is 0 Å². The van der Waals surface area contributed by atoms with Crippen molar-refractivity contribution in [2.45, 2.75) is 25.3 Å². The van der Waals surface area contributed by atoms with Crippen molar-refractivity contribution in [3.05, 3.63) is 23.8 Å². The van der Waals surface area contributed by atoms with Gasteiger partial charge in [0.05, 0.1) is 0 Å². The van der Waals surface area contributed by atoms with E-state index in [1.54, 1.807) is 6.07 Å². The number of benzene rings is 1. The zero-order chi connectivity index (χ0) is 16.4. The number of hydrogen-bond donors (Lipinski definition) is 6. The van der Waals surface area contributed by atoms with Gasteiger partial charge in [-0.1, -0.05) is 6.07 Å². The number of amides is 1. The summed E-state index contributed by atoms with van der Waals surface area (Å²) in [4.78, 5) is 20.1. The Morgan fingerprint density at radius 1 is 1.19 bits per heavy atom. The van der Waals surface area contributed by atoms with Crippen LogP contribution in [0.2, 0.25) is 0 Å². The normalized spacial score (nSPS) is 11.1. The van der Waals surface area contributed by atoms with Gasteiger partial charge in [0.2, 0.25) is 5.91 Å². The largest absolute Gasteiger partial charge is 0.504 e. The molecule has 0 spiro atoms. The number of aromatic hydroxyl groups is 2. The van der Waals surface area contributed by atoms with E-state index in [0.717, 1.165) is 5.56 Å². The summed E-state index contributed by atoms with van der Waals surface area (Å²) in [6, 6.07) is 3.73. The molecular formula is C13H21N3O5. The maximum atomic E-state index is 10.1. The van der Waals surface area contributed by atoms with Crippen LogP contribution < -0.4 is 17.2 Å². The average Bonchev–Trinajstić information content (AvgIpc) is 2.41. The van der Waals surface area contributed by atoms with Crippen LogP contribution in [0.3, 0.4) is 0 Å². The fourth-order valence-corrected chi connectivity index (χ4v) is 1.31. The number of nitrogens with two attached hydrogens (primary N) is 3. The molecule has 0 heterocycles. The summed E-state index contributed by atoms with van der Waals surface area (Å²) in [7, 11) is 0. The molecular weight excluding hydrogens is 278 g/mol. The summed E-state index contributed by atoms with van der Waals surface area (Å²) < 4.78 is 0. The van der Waals surface area contributed by atoms with E-state index in [0.29, 0.717) is 13.0 Å². The lowest BCUT2D eigenvalue weighted by atomic mass is 10.1. The summed E-state index contributed by atoms with van der Waals surface area (Å²) in [5, 5.41) is 26.2. The number of carbonyl (C=O) groups excluding carboxylic acids is 1. The molecule has 0 aliphatic heterocycles. The molecule has 0 aromatic heterocycles. The highest BCUT2D eigenvalue weighted by atomic mass is 16.4. The Morgan fingerprint density at radius 3 is 2.24 bits per heavy atom. The number of carbonyl (C=O) groups is 2. The van der Waals surface area contributed by atoms with Crippen molar-refractivity contribution < 1.29 is 24.9 Å². The van der Waals surface area contributed by atoms with Gasteiger partial charge in [-0.2, -0.15) is 0 Å². The first-order valence-electron chi connectivity index (χ1n) is 6.25. The Balaban J connectivity index is 0.000000384. The standard InChI is InChI=1S/C8H11NO2.C5H10N2O3/c9-4-3-6-1-2-7(10)8(11)5-6;6-3(5(9)10)1-2-4(7)8/h1-2,5,10-11H,3-4,9H2;3H,1-2,6H2,(H2,7,8)(H,9,10). The Bertz CT molecular complexity index is 479. The summed E-state index contributed by atoms with van der Waals surface area (Å²) in [6.07, 6.45) is 0.839. The number of aliphatic carboxylic acids is 1. The number of carboxylic acids is 1. The molecule has 0 saturated heterocycles. The predicted octanol–water partition coefficient (Wildman–Crippen LogP) is -0.737. The Labute approximate surface area is 122 Å². The van der Waals surface area contributed by atoms with E-state index in [-0.39, 0.29) is 24.3 Å². The molecule has 21 heavy (non-hydrogen) atoms. The first kappa shape index (κ1) is 18.7. The first-order chi connectivity index (χ1) is 9.77. The van der Waals surface area contributed by atoms with Crippen molar-refractivity contribution in [3.63, 3.8) is 0 Å². The zero-order valence-electron chi connectivity index (χ0n) is 11.5. The van der Waals surface area contributed by atoms with Crippen LogP contribution in [0, 0.1) is 0 Å². The second-order valence-corrected chi connectivity index (χ2v) is 4.31. The number of hydrogen-bond acceptors (Lipinski definition) is 6. The second kappa shape index (κ2) is 9.56. The minimum absolute atomic E-state index is 0.0213. The molecule has 9 N–H and O–H groups in total. The van der Waals surface area contributed by atoms with Crippen molar-refractivity contribution in [2.24, 2.45) is 17.2 Å². The maximum absolute atomic E-state index is 10.1. The molecule has 1 aromatic rings. The summed E-state index contributed by atoms with van der Waals surface area (Å²) in [6.45, 7) is 0.546. The number of carboxylic acid groups (broad SMARTS) is 1. The minimum atomic E-state index is -1.11. The van der Waals surface area contributed by atoms with E-state index in [9.17, 15) is 9.59 Å². The quantitative estimate of drug-likeness (QED) is 0.375. The summed E-state index contributed by atoms with van der Waals surface area (Å²) >= 11 is 0. The molecule has 0 aliphatic rings. The smallest absolute Gasteiger partial charge is 0.320 e. The topological polar surface area (TPSA) is 173 Å². The lowest BCUT2D eigenvalue weighted by Gasteiger charge is -2.01. The fourth-order valence-electron chi connectivity index (χ4n) is 1.31. The van der Waals surface area contributed by atoms with E-state index in [2.05, 4.69) is 0 Å². The van der Waals surface area contributed by atoms with Crippen molar-refractivity contribution in [1.82, 2.24) is 0 Å². The molecule has 118 valence electrons. The van der Waals surface area contributed by atoms with Crippen molar-refractivity contribution in [2.75, 3.05) is 6.54 Å². The van der Waals surface area contributed by atoms with Gasteiger partial charge in [0.1, 0.15) is 6.04 Å². The molecule has 0 radical (unpaired) electrons. The van der Waals surface area contributed by atoms with E-state index in [1.807, 2.05) is 0 Å². The number of primary amides is 1. The van der Waals surface area contributed by atoms with Crippen LogP contribution in [0.25, 0.3) is 0 Å². The van der Waals surface area contributed by atoms with Gasteiger partial charge >= 0.3 is 5.97 Å². The second-order valence-electron chi connectivity index (χ2n) is 4.31. The fraction of sp³-hybridized carbons (Fsp3) is 0.385. The SMILES string of the molecule is NC(=O)CCC(N)C(=O)O.NCCc1ccc(O)c(O)c1. The molecule has 1 amide bonds. The van der Waals surface area contributed by atoms with Crippen LogP contribution in [0.1, 0.15) is 18.4 Å². The summed E-state index contributed by atoms with van der Waals surface area (Å²) in [5.41, 5.74) is 16.0. The van der Waals surface area contributed by atoms with Gasteiger partial charge in [0.15, 0.2) is 11.5 Å². The number of phenols is 2.